The molecule has 19 heavy (non-hydrogen) atoms. The lowest BCUT2D eigenvalue weighted by Gasteiger charge is -2.35. The molecule has 1 aliphatic heterocycles. The van der Waals surface area contributed by atoms with E-state index in [0.29, 0.717) is 11.8 Å². The van der Waals surface area contributed by atoms with Gasteiger partial charge in [0.15, 0.2) is 0 Å². The van der Waals surface area contributed by atoms with Gasteiger partial charge in [-0.1, -0.05) is 19.8 Å². The molecule has 1 heterocycles. The molecule has 1 saturated carbocycles. The summed E-state index contributed by atoms with van der Waals surface area (Å²) in [5.41, 5.74) is 0. The van der Waals surface area contributed by atoms with Crippen molar-refractivity contribution in [3.05, 3.63) is 0 Å². The Morgan fingerprint density at radius 3 is 2.58 bits per heavy atom. The Morgan fingerprint density at radius 1 is 1.21 bits per heavy atom. The van der Waals surface area contributed by atoms with Crippen molar-refractivity contribution in [1.29, 1.82) is 0 Å². The number of rotatable bonds is 4. The van der Waals surface area contributed by atoms with Crippen LogP contribution in [0.2, 0.25) is 0 Å². The van der Waals surface area contributed by atoms with Crippen molar-refractivity contribution in [2.75, 3.05) is 39.3 Å². The Morgan fingerprint density at radius 2 is 1.95 bits per heavy atom. The minimum atomic E-state index is 0.216. The second-order valence-electron chi connectivity index (χ2n) is 6.29. The van der Waals surface area contributed by atoms with Crippen LogP contribution in [0.5, 0.6) is 0 Å². The molecule has 4 heteroatoms. The van der Waals surface area contributed by atoms with E-state index in [1.54, 1.807) is 0 Å². The third kappa shape index (κ3) is 4.46. The van der Waals surface area contributed by atoms with Gasteiger partial charge in [0.05, 0.1) is 6.61 Å². The molecule has 0 unspecified atom stereocenters. The van der Waals surface area contributed by atoms with E-state index in [0.717, 1.165) is 45.1 Å². The summed E-state index contributed by atoms with van der Waals surface area (Å²) in [5.74, 6) is 1.77. The first kappa shape index (κ1) is 14.8. The van der Waals surface area contributed by atoms with E-state index < -0.39 is 0 Å². The molecule has 0 radical (unpaired) electrons. The Labute approximate surface area is 116 Å². The SMILES string of the molecule is C[C@H]1CCC[C@@H](CC(=O)N2CCN(CCO)CC2)C1. The van der Waals surface area contributed by atoms with Crippen molar-refractivity contribution < 1.29 is 9.90 Å². The molecule has 110 valence electrons. The normalized spacial score (nSPS) is 29.5. The molecule has 2 rings (SSSR count). The zero-order chi connectivity index (χ0) is 13.7. The Hall–Kier alpha value is -0.610. The van der Waals surface area contributed by atoms with E-state index >= 15 is 0 Å². The van der Waals surface area contributed by atoms with Gasteiger partial charge in [0.1, 0.15) is 0 Å². The van der Waals surface area contributed by atoms with E-state index in [-0.39, 0.29) is 6.61 Å². The summed E-state index contributed by atoms with van der Waals surface area (Å²) in [6.07, 6.45) is 5.86. The molecule has 2 atom stereocenters. The van der Waals surface area contributed by atoms with Crippen LogP contribution in [0.25, 0.3) is 0 Å². The monoisotopic (exact) mass is 268 g/mol. The molecule has 0 aromatic carbocycles. The van der Waals surface area contributed by atoms with Crippen LogP contribution in [-0.4, -0.2) is 60.1 Å². The molecule has 1 N–H and O–H groups in total. The standard InChI is InChI=1S/C15H28N2O2/c1-13-3-2-4-14(11-13)12-15(19)17-7-5-16(6-8-17)9-10-18/h13-14,18H,2-12H2,1H3/t13-,14+/m0/s1. The highest BCUT2D eigenvalue weighted by Gasteiger charge is 2.25. The third-order valence-electron chi connectivity index (χ3n) is 4.65. The van der Waals surface area contributed by atoms with Gasteiger partial charge >= 0.3 is 0 Å². The number of piperazine rings is 1. The molecular weight excluding hydrogens is 240 g/mol. The molecule has 4 nitrogen and oxygen atoms in total. The first-order valence-corrected chi connectivity index (χ1v) is 7.80. The van der Waals surface area contributed by atoms with Gasteiger partial charge in [0, 0.05) is 39.1 Å². The molecule has 1 saturated heterocycles. The molecular formula is C15H28N2O2. The largest absolute Gasteiger partial charge is 0.395 e. The number of hydrogen-bond donors (Lipinski definition) is 1. The number of carbonyl (C=O) groups excluding carboxylic acids is 1. The van der Waals surface area contributed by atoms with Gasteiger partial charge in [0.2, 0.25) is 5.91 Å². The summed E-state index contributed by atoms with van der Waals surface area (Å²) in [7, 11) is 0. The minimum absolute atomic E-state index is 0.216. The van der Waals surface area contributed by atoms with Crippen LogP contribution in [-0.2, 0) is 4.79 Å². The molecule has 1 aliphatic carbocycles. The second kappa shape index (κ2) is 7.25. The maximum Gasteiger partial charge on any atom is 0.222 e. The Balaban J connectivity index is 1.72. The summed E-state index contributed by atoms with van der Waals surface area (Å²) < 4.78 is 0. The topological polar surface area (TPSA) is 43.8 Å². The molecule has 0 aromatic rings. The Bertz CT molecular complexity index is 288. The van der Waals surface area contributed by atoms with Gasteiger partial charge in [-0.15, -0.1) is 0 Å². The molecule has 2 fully saturated rings. The summed E-state index contributed by atoms with van der Waals surface area (Å²) in [6, 6.07) is 0. The van der Waals surface area contributed by atoms with E-state index in [1.807, 2.05) is 4.90 Å². The van der Waals surface area contributed by atoms with E-state index in [2.05, 4.69) is 11.8 Å². The third-order valence-corrected chi connectivity index (χ3v) is 4.65. The van der Waals surface area contributed by atoms with E-state index in [4.69, 9.17) is 5.11 Å². The number of hydrogen-bond acceptors (Lipinski definition) is 3. The first-order valence-electron chi connectivity index (χ1n) is 7.80. The average Bonchev–Trinajstić information content (AvgIpc) is 2.40. The van der Waals surface area contributed by atoms with Crippen molar-refractivity contribution in [2.24, 2.45) is 11.8 Å². The fraction of sp³-hybridized carbons (Fsp3) is 0.933. The van der Waals surface area contributed by atoms with Crippen LogP contribution in [0.15, 0.2) is 0 Å². The van der Waals surface area contributed by atoms with E-state index in [9.17, 15) is 4.79 Å². The highest BCUT2D eigenvalue weighted by atomic mass is 16.3. The summed E-state index contributed by atoms with van der Waals surface area (Å²) in [5, 5.41) is 8.91. The fourth-order valence-electron chi connectivity index (χ4n) is 3.48. The zero-order valence-electron chi connectivity index (χ0n) is 12.2. The van der Waals surface area contributed by atoms with Gasteiger partial charge < -0.3 is 10.0 Å². The Kier molecular flexibility index (Phi) is 5.64. The summed E-state index contributed by atoms with van der Waals surface area (Å²) >= 11 is 0. The number of β-amino-alcohol motifs (C(OH)–C–C–N with tert-alkyl or cyclic N) is 1. The van der Waals surface area contributed by atoms with Gasteiger partial charge in [-0.05, 0) is 24.7 Å². The van der Waals surface area contributed by atoms with Crippen LogP contribution < -0.4 is 0 Å². The maximum absolute atomic E-state index is 12.3. The van der Waals surface area contributed by atoms with Crippen molar-refractivity contribution in [3.63, 3.8) is 0 Å². The lowest BCUT2D eigenvalue weighted by Crippen LogP contribution is -2.49. The second-order valence-corrected chi connectivity index (χ2v) is 6.29. The minimum Gasteiger partial charge on any atom is -0.395 e. The van der Waals surface area contributed by atoms with Gasteiger partial charge in [-0.25, -0.2) is 0 Å². The maximum atomic E-state index is 12.3. The lowest BCUT2D eigenvalue weighted by atomic mass is 9.80. The van der Waals surface area contributed by atoms with Crippen LogP contribution >= 0.6 is 0 Å². The van der Waals surface area contributed by atoms with E-state index in [1.165, 1.54) is 25.7 Å². The molecule has 0 bridgehead atoms. The number of aliphatic hydroxyl groups excluding tert-OH is 1. The quantitative estimate of drug-likeness (QED) is 0.837. The highest BCUT2D eigenvalue weighted by Crippen LogP contribution is 2.31. The van der Waals surface area contributed by atoms with Crippen molar-refractivity contribution in [1.82, 2.24) is 9.80 Å². The predicted octanol–water partition coefficient (Wildman–Crippen LogP) is 1.34. The van der Waals surface area contributed by atoms with Gasteiger partial charge in [-0.3, -0.25) is 9.69 Å². The first-order chi connectivity index (χ1) is 9.19. The average molecular weight is 268 g/mol. The number of aliphatic hydroxyl groups is 1. The van der Waals surface area contributed by atoms with Crippen LogP contribution in [0.1, 0.15) is 39.0 Å². The zero-order valence-corrected chi connectivity index (χ0v) is 12.2. The van der Waals surface area contributed by atoms with Gasteiger partial charge in [0.25, 0.3) is 0 Å². The predicted molar refractivity (Wildman–Crippen MR) is 75.8 cm³/mol. The van der Waals surface area contributed by atoms with Gasteiger partial charge in [-0.2, -0.15) is 0 Å². The molecule has 0 spiro atoms. The summed E-state index contributed by atoms with van der Waals surface area (Å²) in [6.45, 7) is 6.75. The number of nitrogens with zero attached hydrogens (tertiary/aromatic N) is 2. The number of amides is 1. The van der Waals surface area contributed by atoms with Crippen molar-refractivity contribution >= 4 is 5.91 Å². The highest BCUT2D eigenvalue weighted by molar-refractivity contribution is 5.76. The molecule has 2 aliphatic rings. The van der Waals surface area contributed by atoms with Crippen molar-refractivity contribution in [3.8, 4) is 0 Å². The summed E-state index contributed by atoms with van der Waals surface area (Å²) in [4.78, 5) is 16.5. The van der Waals surface area contributed by atoms with Crippen LogP contribution in [0.4, 0.5) is 0 Å². The fourth-order valence-corrected chi connectivity index (χ4v) is 3.48. The lowest BCUT2D eigenvalue weighted by molar-refractivity contribution is -0.134. The van der Waals surface area contributed by atoms with Crippen LogP contribution in [0.3, 0.4) is 0 Å². The molecule has 1 amide bonds. The number of carbonyl (C=O) groups is 1. The van der Waals surface area contributed by atoms with Crippen LogP contribution in [0, 0.1) is 11.8 Å². The van der Waals surface area contributed by atoms with Crippen molar-refractivity contribution in [2.45, 2.75) is 39.0 Å². The molecule has 0 aromatic heterocycles. The smallest absolute Gasteiger partial charge is 0.222 e.